The van der Waals surface area contributed by atoms with Crippen molar-refractivity contribution < 1.29 is 4.79 Å². The lowest BCUT2D eigenvalue weighted by molar-refractivity contribution is 0.0658. The highest BCUT2D eigenvalue weighted by molar-refractivity contribution is 9.10. The topological polar surface area (TPSA) is 32.3 Å². The molecular formula is C16H22BrClN2O. The zero-order valence-electron chi connectivity index (χ0n) is 12.5. The third kappa shape index (κ3) is 4.44. The van der Waals surface area contributed by atoms with Crippen molar-refractivity contribution in [2.45, 2.75) is 32.7 Å². The maximum atomic E-state index is 12.8. The van der Waals surface area contributed by atoms with Gasteiger partial charge in [-0.3, -0.25) is 4.79 Å². The van der Waals surface area contributed by atoms with Gasteiger partial charge in [-0.1, -0.05) is 27.5 Å². The Morgan fingerprint density at radius 1 is 1.43 bits per heavy atom. The summed E-state index contributed by atoms with van der Waals surface area (Å²) in [6.45, 7) is 7.02. The van der Waals surface area contributed by atoms with Crippen molar-refractivity contribution in [1.29, 1.82) is 0 Å². The second-order valence-corrected chi connectivity index (χ2v) is 7.19. The van der Waals surface area contributed by atoms with E-state index < -0.39 is 0 Å². The molecule has 0 unspecified atom stereocenters. The molecule has 1 amide bonds. The fourth-order valence-corrected chi connectivity index (χ4v) is 3.44. The number of nitrogens with zero attached hydrogens (tertiary/aromatic N) is 1. The molecule has 1 aromatic rings. The summed E-state index contributed by atoms with van der Waals surface area (Å²) in [5.41, 5.74) is 0.586. The molecule has 0 spiro atoms. The van der Waals surface area contributed by atoms with Crippen LogP contribution in [-0.4, -0.2) is 36.5 Å². The monoisotopic (exact) mass is 372 g/mol. The summed E-state index contributed by atoms with van der Waals surface area (Å²) in [4.78, 5) is 14.8. The van der Waals surface area contributed by atoms with Crippen LogP contribution in [0.3, 0.4) is 0 Å². The van der Waals surface area contributed by atoms with E-state index in [9.17, 15) is 4.79 Å². The molecule has 1 aliphatic heterocycles. The van der Waals surface area contributed by atoms with E-state index in [-0.39, 0.29) is 11.9 Å². The van der Waals surface area contributed by atoms with Gasteiger partial charge in [-0.15, -0.1) is 0 Å². The van der Waals surface area contributed by atoms with Crippen LogP contribution in [0.15, 0.2) is 22.7 Å². The van der Waals surface area contributed by atoms with Gasteiger partial charge in [0.05, 0.1) is 10.6 Å². The van der Waals surface area contributed by atoms with Crippen LogP contribution >= 0.6 is 27.5 Å². The van der Waals surface area contributed by atoms with Crippen molar-refractivity contribution in [2.24, 2.45) is 5.92 Å². The first-order chi connectivity index (χ1) is 9.99. The molecule has 0 aromatic heterocycles. The number of rotatable bonds is 4. The summed E-state index contributed by atoms with van der Waals surface area (Å²) in [6.07, 6.45) is 2.26. The quantitative estimate of drug-likeness (QED) is 0.866. The Morgan fingerprint density at radius 3 is 2.67 bits per heavy atom. The molecule has 3 nitrogen and oxygen atoms in total. The number of hydrogen-bond acceptors (Lipinski definition) is 2. The highest BCUT2D eigenvalue weighted by atomic mass is 79.9. The van der Waals surface area contributed by atoms with Crippen LogP contribution in [0.4, 0.5) is 0 Å². The average molecular weight is 374 g/mol. The van der Waals surface area contributed by atoms with E-state index in [1.165, 1.54) is 0 Å². The molecule has 0 atom stereocenters. The van der Waals surface area contributed by atoms with Gasteiger partial charge in [-0.2, -0.15) is 0 Å². The zero-order valence-corrected chi connectivity index (χ0v) is 14.9. The summed E-state index contributed by atoms with van der Waals surface area (Å²) in [7, 11) is 0. The van der Waals surface area contributed by atoms with E-state index >= 15 is 0 Å². The highest BCUT2D eigenvalue weighted by Crippen LogP contribution is 2.24. The molecule has 1 fully saturated rings. The summed E-state index contributed by atoms with van der Waals surface area (Å²) in [5.74, 6) is 0.604. The molecule has 1 aliphatic rings. The van der Waals surface area contributed by atoms with Crippen LogP contribution in [-0.2, 0) is 0 Å². The Morgan fingerprint density at radius 2 is 2.10 bits per heavy atom. The van der Waals surface area contributed by atoms with Crippen molar-refractivity contribution in [2.75, 3.05) is 19.6 Å². The number of amides is 1. The highest BCUT2D eigenvalue weighted by Gasteiger charge is 2.25. The van der Waals surface area contributed by atoms with E-state index in [0.29, 0.717) is 16.5 Å². The normalized spacial score (nSPS) is 16.2. The lowest BCUT2D eigenvalue weighted by atomic mass is 9.96. The fourth-order valence-electron chi connectivity index (χ4n) is 2.69. The van der Waals surface area contributed by atoms with Gasteiger partial charge in [0, 0.05) is 17.1 Å². The standard InChI is InChI=1S/C16H22BrClN2O/c1-11(2)20(10-12-5-7-19-8-6-12)16(21)14-4-3-13(17)9-15(14)18/h3-4,9,11-12,19H,5-8,10H2,1-2H3. The zero-order chi connectivity index (χ0) is 15.4. The lowest BCUT2D eigenvalue weighted by Gasteiger charge is -2.33. The Bertz CT molecular complexity index is 501. The summed E-state index contributed by atoms with van der Waals surface area (Å²) >= 11 is 9.60. The van der Waals surface area contributed by atoms with Gasteiger partial charge in [0.1, 0.15) is 0 Å². The van der Waals surface area contributed by atoms with Crippen LogP contribution in [0, 0.1) is 5.92 Å². The first-order valence-corrected chi connectivity index (χ1v) is 8.63. The van der Waals surface area contributed by atoms with Crippen molar-refractivity contribution >= 4 is 33.4 Å². The summed E-state index contributed by atoms with van der Waals surface area (Å²) < 4.78 is 0.888. The van der Waals surface area contributed by atoms with E-state index in [1.807, 2.05) is 11.0 Å². The number of hydrogen-bond donors (Lipinski definition) is 1. The van der Waals surface area contributed by atoms with Crippen molar-refractivity contribution in [1.82, 2.24) is 10.2 Å². The molecule has 1 aromatic carbocycles. The maximum Gasteiger partial charge on any atom is 0.255 e. The number of benzene rings is 1. The second-order valence-electron chi connectivity index (χ2n) is 5.87. The molecule has 21 heavy (non-hydrogen) atoms. The Hall–Kier alpha value is -0.580. The predicted octanol–water partition coefficient (Wildman–Crippen LogP) is 3.95. The SMILES string of the molecule is CC(C)N(CC1CCNCC1)C(=O)c1ccc(Br)cc1Cl. The Kier molecular flexibility index (Phi) is 6.08. The van der Waals surface area contributed by atoms with E-state index in [2.05, 4.69) is 35.1 Å². The first-order valence-electron chi connectivity index (χ1n) is 7.45. The lowest BCUT2D eigenvalue weighted by Crippen LogP contribution is -2.43. The number of halogens is 2. The molecule has 2 rings (SSSR count). The second kappa shape index (κ2) is 7.61. The Balaban J connectivity index is 2.14. The van der Waals surface area contributed by atoms with E-state index in [1.54, 1.807) is 12.1 Å². The van der Waals surface area contributed by atoms with Crippen molar-refractivity contribution in [3.05, 3.63) is 33.3 Å². The Labute approximate surface area is 140 Å². The fraction of sp³-hybridized carbons (Fsp3) is 0.562. The molecule has 1 saturated heterocycles. The van der Waals surface area contributed by atoms with Crippen molar-refractivity contribution in [3.63, 3.8) is 0 Å². The molecule has 116 valence electrons. The smallest absolute Gasteiger partial charge is 0.255 e. The first kappa shape index (κ1) is 16.8. The molecule has 0 bridgehead atoms. The minimum Gasteiger partial charge on any atom is -0.336 e. The third-order valence-corrected chi connectivity index (χ3v) is 4.77. The molecule has 5 heteroatoms. The predicted molar refractivity (Wildman–Crippen MR) is 90.9 cm³/mol. The maximum absolute atomic E-state index is 12.8. The van der Waals surface area contributed by atoms with Crippen LogP contribution in [0.25, 0.3) is 0 Å². The molecule has 1 N–H and O–H groups in total. The van der Waals surface area contributed by atoms with Gasteiger partial charge in [0.15, 0.2) is 0 Å². The number of nitrogens with one attached hydrogen (secondary N) is 1. The molecular weight excluding hydrogens is 352 g/mol. The number of carbonyl (C=O) groups excluding carboxylic acids is 1. The number of carbonyl (C=O) groups is 1. The van der Waals surface area contributed by atoms with Crippen LogP contribution in [0.2, 0.25) is 5.02 Å². The molecule has 0 saturated carbocycles. The van der Waals surface area contributed by atoms with E-state index in [0.717, 1.165) is 36.9 Å². The minimum atomic E-state index is 0.0287. The van der Waals surface area contributed by atoms with Gasteiger partial charge in [-0.05, 0) is 63.9 Å². The minimum absolute atomic E-state index is 0.0287. The molecule has 0 radical (unpaired) electrons. The van der Waals surface area contributed by atoms with Gasteiger partial charge in [-0.25, -0.2) is 0 Å². The van der Waals surface area contributed by atoms with E-state index in [4.69, 9.17) is 11.6 Å². The van der Waals surface area contributed by atoms with Gasteiger partial charge >= 0.3 is 0 Å². The third-order valence-electron chi connectivity index (χ3n) is 3.96. The molecule has 1 heterocycles. The number of piperidine rings is 1. The van der Waals surface area contributed by atoms with Crippen LogP contribution in [0.5, 0.6) is 0 Å². The summed E-state index contributed by atoms with van der Waals surface area (Å²) in [5, 5.41) is 3.87. The van der Waals surface area contributed by atoms with Gasteiger partial charge in [0.2, 0.25) is 0 Å². The molecule has 0 aliphatic carbocycles. The van der Waals surface area contributed by atoms with Gasteiger partial charge < -0.3 is 10.2 Å². The average Bonchev–Trinajstić information content (AvgIpc) is 2.45. The van der Waals surface area contributed by atoms with Crippen LogP contribution < -0.4 is 5.32 Å². The van der Waals surface area contributed by atoms with Gasteiger partial charge in [0.25, 0.3) is 5.91 Å². The van der Waals surface area contributed by atoms with Crippen molar-refractivity contribution in [3.8, 4) is 0 Å². The summed E-state index contributed by atoms with van der Waals surface area (Å²) in [6, 6.07) is 5.61. The van der Waals surface area contributed by atoms with Crippen LogP contribution in [0.1, 0.15) is 37.0 Å². The largest absolute Gasteiger partial charge is 0.336 e.